The van der Waals surface area contributed by atoms with Crippen LogP contribution in [-0.4, -0.2) is 92.5 Å². The van der Waals surface area contributed by atoms with E-state index < -0.39 is 5.54 Å². The van der Waals surface area contributed by atoms with Gasteiger partial charge in [0.05, 0.1) is 6.54 Å². The Balaban J connectivity index is 1.29. The lowest BCUT2D eigenvalue weighted by atomic mass is 9.94. The van der Waals surface area contributed by atoms with Crippen molar-refractivity contribution < 1.29 is 14.4 Å². The van der Waals surface area contributed by atoms with Crippen LogP contribution < -0.4 is 5.32 Å². The molecule has 2 saturated carbocycles. The van der Waals surface area contributed by atoms with Gasteiger partial charge in [0.25, 0.3) is 11.8 Å². The molecule has 1 N–H and O–H groups in total. The van der Waals surface area contributed by atoms with E-state index in [2.05, 4.69) is 15.3 Å². The van der Waals surface area contributed by atoms with Crippen molar-refractivity contribution in [2.24, 2.45) is 0 Å². The van der Waals surface area contributed by atoms with Crippen molar-refractivity contribution in [3.8, 4) is 0 Å². The molecule has 0 bridgehead atoms. The van der Waals surface area contributed by atoms with E-state index in [1.54, 1.807) is 15.6 Å². The van der Waals surface area contributed by atoms with Gasteiger partial charge >= 0.3 is 0 Å². The number of hydrogen-bond donors (Lipinski definition) is 1. The predicted molar refractivity (Wildman–Crippen MR) is 137 cm³/mol. The molecule has 3 heterocycles. The number of rotatable bonds is 6. The third-order valence-corrected chi connectivity index (χ3v) is 8.84. The first kappa shape index (κ1) is 25.2. The topological polar surface area (TPSA) is 90.8 Å². The molecule has 3 amide bonds. The highest BCUT2D eigenvalue weighted by Crippen LogP contribution is 2.30. The van der Waals surface area contributed by atoms with Gasteiger partial charge in [0.1, 0.15) is 11.2 Å². The van der Waals surface area contributed by atoms with Crippen molar-refractivity contribution in [2.45, 2.75) is 102 Å². The SMILES string of the molecule is CCCN1C(=O)c2cc(C(=O)N3CCN(C4CCCCC4)CC3)nn2CC1(C)C(=O)NC1CCCC1. The van der Waals surface area contributed by atoms with E-state index in [0.717, 1.165) is 45.2 Å². The normalized spacial score (nSPS) is 26.3. The van der Waals surface area contributed by atoms with Crippen LogP contribution in [0.4, 0.5) is 0 Å². The maximum Gasteiger partial charge on any atom is 0.274 e. The van der Waals surface area contributed by atoms with Crippen molar-refractivity contribution >= 4 is 17.7 Å². The van der Waals surface area contributed by atoms with E-state index in [1.165, 1.54) is 32.1 Å². The molecule has 198 valence electrons. The molecular formula is C27H42N6O3. The third kappa shape index (κ3) is 4.78. The molecule has 4 aliphatic rings. The molecule has 1 aromatic heterocycles. The van der Waals surface area contributed by atoms with Gasteiger partial charge in [-0.25, -0.2) is 0 Å². The van der Waals surface area contributed by atoms with Crippen molar-refractivity contribution in [3.05, 3.63) is 17.5 Å². The lowest BCUT2D eigenvalue weighted by Gasteiger charge is -2.43. The smallest absolute Gasteiger partial charge is 0.274 e. The average molecular weight is 499 g/mol. The molecule has 1 aromatic rings. The van der Waals surface area contributed by atoms with Crippen molar-refractivity contribution in [1.82, 2.24) is 29.8 Å². The first-order chi connectivity index (χ1) is 17.4. The molecule has 1 atom stereocenters. The number of carbonyl (C=O) groups excluding carboxylic acids is 3. The van der Waals surface area contributed by atoms with E-state index in [-0.39, 0.29) is 30.3 Å². The first-order valence-corrected chi connectivity index (χ1v) is 14.1. The van der Waals surface area contributed by atoms with E-state index in [1.807, 2.05) is 18.7 Å². The number of carbonyl (C=O) groups is 3. The molecule has 3 fully saturated rings. The summed E-state index contributed by atoms with van der Waals surface area (Å²) in [6.07, 6.45) is 11.5. The fourth-order valence-corrected chi connectivity index (χ4v) is 6.63. The number of aromatic nitrogens is 2. The van der Waals surface area contributed by atoms with E-state index in [4.69, 9.17) is 0 Å². The van der Waals surface area contributed by atoms with Crippen LogP contribution in [-0.2, 0) is 11.3 Å². The highest BCUT2D eigenvalue weighted by molar-refractivity contribution is 6.02. The summed E-state index contributed by atoms with van der Waals surface area (Å²) < 4.78 is 1.59. The summed E-state index contributed by atoms with van der Waals surface area (Å²) in [7, 11) is 0. The second kappa shape index (κ2) is 10.5. The van der Waals surface area contributed by atoms with Crippen LogP contribution in [0.5, 0.6) is 0 Å². The molecule has 1 saturated heterocycles. The average Bonchev–Trinajstić information content (AvgIpc) is 3.57. The summed E-state index contributed by atoms with van der Waals surface area (Å²) in [5.41, 5.74) is -0.319. The van der Waals surface area contributed by atoms with Crippen LogP contribution in [0.15, 0.2) is 6.07 Å². The minimum absolute atomic E-state index is 0.118. The number of amides is 3. The van der Waals surface area contributed by atoms with Gasteiger partial charge in [-0.2, -0.15) is 5.10 Å². The first-order valence-electron chi connectivity index (χ1n) is 14.1. The van der Waals surface area contributed by atoms with Gasteiger partial charge in [0.15, 0.2) is 5.69 Å². The summed E-state index contributed by atoms with van der Waals surface area (Å²) in [5, 5.41) is 7.76. The zero-order valence-corrected chi connectivity index (χ0v) is 22.0. The van der Waals surface area contributed by atoms with Crippen LogP contribution in [0, 0.1) is 0 Å². The molecule has 0 aromatic carbocycles. The monoisotopic (exact) mass is 498 g/mol. The summed E-state index contributed by atoms with van der Waals surface area (Å²) >= 11 is 0. The number of nitrogens with zero attached hydrogens (tertiary/aromatic N) is 5. The number of hydrogen-bond acceptors (Lipinski definition) is 5. The molecular weight excluding hydrogens is 456 g/mol. The molecule has 5 rings (SSSR count). The van der Waals surface area contributed by atoms with Gasteiger partial charge in [-0.15, -0.1) is 0 Å². The van der Waals surface area contributed by atoms with E-state index in [9.17, 15) is 14.4 Å². The second-order valence-electron chi connectivity index (χ2n) is 11.4. The number of fused-ring (bicyclic) bond motifs is 1. The fourth-order valence-electron chi connectivity index (χ4n) is 6.63. The highest BCUT2D eigenvalue weighted by atomic mass is 16.2. The molecule has 1 unspecified atom stereocenters. The third-order valence-electron chi connectivity index (χ3n) is 8.84. The van der Waals surface area contributed by atoms with Gasteiger partial charge in [0.2, 0.25) is 5.91 Å². The molecule has 9 nitrogen and oxygen atoms in total. The van der Waals surface area contributed by atoms with Crippen LogP contribution >= 0.6 is 0 Å². The fraction of sp³-hybridized carbons (Fsp3) is 0.778. The van der Waals surface area contributed by atoms with Crippen molar-refractivity contribution in [2.75, 3.05) is 32.7 Å². The van der Waals surface area contributed by atoms with Gasteiger partial charge in [-0.3, -0.25) is 24.0 Å². The minimum atomic E-state index is -1.03. The Morgan fingerprint density at radius 3 is 2.36 bits per heavy atom. The van der Waals surface area contributed by atoms with E-state index in [0.29, 0.717) is 37.1 Å². The van der Waals surface area contributed by atoms with Crippen LogP contribution in [0.2, 0.25) is 0 Å². The van der Waals surface area contributed by atoms with Crippen molar-refractivity contribution in [1.29, 1.82) is 0 Å². The summed E-state index contributed by atoms with van der Waals surface area (Å²) in [4.78, 5) is 46.5. The van der Waals surface area contributed by atoms with E-state index >= 15 is 0 Å². The van der Waals surface area contributed by atoms with Gasteiger partial charge in [0, 0.05) is 50.9 Å². The van der Waals surface area contributed by atoms with Crippen molar-refractivity contribution in [3.63, 3.8) is 0 Å². The van der Waals surface area contributed by atoms with Gasteiger partial charge < -0.3 is 15.1 Å². The molecule has 0 spiro atoms. The molecule has 2 aliphatic carbocycles. The standard InChI is InChI=1S/C27H42N6O3/c1-3-13-32-25(35)23-18-22(24(34)31-16-14-30(15-17-31)21-11-5-4-6-12-21)29-33(23)19-27(32,2)26(36)28-20-9-7-8-10-20/h18,20-21H,3-17,19H2,1-2H3,(H,28,36). The molecule has 36 heavy (non-hydrogen) atoms. The lowest BCUT2D eigenvalue weighted by Crippen LogP contribution is -2.65. The minimum Gasteiger partial charge on any atom is -0.351 e. The summed E-state index contributed by atoms with van der Waals surface area (Å²) in [5.74, 6) is -0.461. The van der Waals surface area contributed by atoms with Crippen LogP contribution in [0.1, 0.15) is 99.0 Å². The Morgan fingerprint density at radius 2 is 1.69 bits per heavy atom. The maximum atomic E-state index is 13.5. The number of nitrogens with one attached hydrogen (secondary N) is 1. The summed E-state index contributed by atoms with van der Waals surface area (Å²) in [6, 6.07) is 2.47. The van der Waals surface area contributed by atoms with Crippen LogP contribution in [0.25, 0.3) is 0 Å². The maximum absolute atomic E-state index is 13.5. The Bertz CT molecular complexity index is 972. The summed E-state index contributed by atoms with van der Waals surface area (Å²) in [6.45, 7) is 7.77. The quantitative estimate of drug-likeness (QED) is 0.651. The molecule has 2 aliphatic heterocycles. The zero-order valence-electron chi connectivity index (χ0n) is 22.0. The largest absolute Gasteiger partial charge is 0.351 e. The lowest BCUT2D eigenvalue weighted by molar-refractivity contribution is -0.133. The Labute approximate surface area is 214 Å². The number of piperazine rings is 1. The zero-order chi connectivity index (χ0) is 25.3. The molecule has 9 heteroatoms. The second-order valence-corrected chi connectivity index (χ2v) is 11.4. The Morgan fingerprint density at radius 1 is 1.03 bits per heavy atom. The van der Waals surface area contributed by atoms with Crippen LogP contribution in [0.3, 0.4) is 0 Å². The molecule has 0 radical (unpaired) electrons. The Hall–Kier alpha value is -2.42. The predicted octanol–water partition coefficient (Wildman–Crippen LogP) is 2.66. The Kier molecular flexibility index (Phi) is 7.37. The van der Waals surface area contributed by atoms with Gasteiger partial charge in [-0.05, 0) is 39.0 Å². The highest BCUT2D eigenvalue weighted by Gasteiger charge is 2.48. The van der Waals surface area contributed by atoms with Gasteiger partial charge in [-0.1, -0.05) is 39.0 Å².